The molecule has 0 aromatic heterocycles. The van der Waals surface area contributed by atoms with Crippen molar-refractivity contribution >= 4 is 56.6 Å². The van der Waals surface area contributed by atoms with E-state index in [2.05, 4.69) is 5.32 Å². The highest BCUT2D eigenvalue weighted by atomic mass is 35.5. The Morgan fingerprint density at radius 1 is 1.21 bits per heavy atom. The number of hydrogen-bond donors (Lipinski definition) is 1. The zero-order chi connectivity index (χ0) is 23.8. The molecule has 10 heteroatoms. The molecule has 2 aromatic carbocycles. The maximum atomic E-state index is 13.2. The molecule has 1 atom stereocenters. The summed E-state index contributed by atoms with van der Waals surface area (Å²) < 4.78 is 27.7. The van der Waals surface area contributed by atoms with Crippen molar-refractivity contribution in [2.24, 2.45) is 5.92 Å². The average molecular weight is 508 g/mol. The number of nitrogens with one attached hydrogen (secondary N) is 1. The van der Waals surface area contributed by atoms with Gasteiger partial charge in [0.05, 0.1) is 10.6 Å². The number of fused-ring (bicyclic) bond motifs is 1. The van der Waals surface area contributed by atoms with Gasteiger partial charge in [-0.05, 0) is 55.7 Å². The molecule has 2 amide bonds. The second-order valence-corrected chi connectivity index (χ2v) is 11.7. The smallest absolute Gasteiger partial charge is 0.244 e. The first-order valence-corrected chi connectivity index (χ1v) is 13.6. The molecule has 4 rings (SSSR count). The summed E-state index contributed by atoms with van der Waals surface area (Å²) in [7, 11) is -3.66. The monoisotopic (exact) mass is 507 g/mol. The molecule has 7 nitrogen and oxygen atoms in total. The summed E-state index contributed by atoms with van der Waals surface area (Å²) in [4.78, 5) is 28.4. The van der Waals surface area contributed by atoms with E-state index in [0.29, 0.717) is 35.2 Å². The molecule has 33 heavy (non-hydrogen) atoms. The van der Waals surface area contributed by atoms with E-state index in [1.165, 1.54) is 27.0 Å². The van der Waals surface area contributed by atoms with Crippen LogP contribution in [0.25, 0.3) is 0 Å². The quantitative estimate of drug-likeness (QED) is 0.657. The topological polar surface area (TPSA) is 86.8 Å². The minimum Gasteiger partial charge on any atom is -0.324 e. The number of nitrogens with zero attached hydrogens (tertiary/aromatic N) is 2. The van der Waals surface area contributed by atoms with E-state index in [1.807, 2.05) is 6.92 Å². The number of anilines is 2. The highest BCUT2D eigenvalue weighted by molar-refractivity contribution is 7.99. The lowest BCUT2D eigenvalue weighted by atomic mass is 10.1. The summed E-state index contributed by atoms with van der Waals surface area (Å²) in [6.45, 7) is 4.38. The largest absolute Gasteiger partial charge is 0.324 e. The van der Waals surface area contributed by atoms with Crippen molar-refractivity contribution in [3.05, 3.63) is 47.0 Å². The minimum absolute atomic E-state index is 0.141. The number of benzene rings is 2. The van der Waals surface area contributed by atoms with Crippen LogP contribution < -0.4 is 10.2 Å². The number of carbonyl (C=O) groups excluding carboxylic acids is 2. The lowest BCUT2D eigenvalue weighted by Gasteiger charge is -2.25. The van der Waals surface area contributed by atoms with Crippen LogP contribution in [0.3, 0.4) is 0 Å². The Bertz CT molecular complexity index is 1200. The van der Waals surface area contributed by atoms with Gasteiger partial charge >= 0.3 is 0 Å². The van der Waals surface area contributed by atoms with E-state index in [-0.39, 0.29) is 29.2 Å². The van der Waals surface area contributed by atoms with Crippen LogP contribution in [0, 0.1) is 12.8 Å². The number of hydrogen-bond acceptors (Lipinski definition) is 5. The second-order valence-electron chi connectivity index (χ2n) is 8.34. The molecule has 1 fully saturated rings. The molecule has 0 saturated carbocycles. The van der Waals surface area contributed by atoms with Crippen molar-refractivity contribution in [1.82, 2.24) is 4.31 Å². The number of thioether (sulfide) groups is 1. The van der Waals surface area contributed by atoms with E-state index in [0.717, 1.165) is 23.3 Å². The van der Waals surface area contributed by atoms with Gasteiger partial charge in [-0.2, -0.15) is 4.31 Å². The Morgan fingerprint density at radius 3 is 2.67 bits per heavy atom. The molecule has 1 N–H and O–H groups in total. The third-order valence-corrected chi connectivity index (χ3v) is 9.57. The molecule has 176 valence electrons. The zero-order valence-electron chi connectivity index (χ0n) is 18.5. The first-order valence-electron chi connectivity index (χ1n) is 10.8. The van der Waals surface area contributed by atoms with E-state index >= 15 is 0 Å². The highest BCUT2D eigenvalue weighted by Crippen LogP contribution is 2.38. The molecular weight excluding hydrogens is 482 g/mol. The zero-order valence-corrected chi connectivity index (χ0v) is 20.9. The molecule has 0 spiro atoms. The Hall–Kier alpha value is -2.07. The summed E-state index contributed by atoms with van der Waals surface area (Å²) in [5, 5.41) is 3.36. The summed E-state index contributed by atoms with van der Waals surface area (Å²) in [5.74, 6) is -0.362. The predicted octanol–water partition coefficient (Wildman–Crippen LogP) is 4.15. The van der Waals surface area contributed by atoms with Gasteiger partial charge in [0.15, 0.2) is 0 Å². The number of halogens is 1. The van der Waals surface area contributed by atoms with Crippen LogP contribution in [0.15, 0.2) is 46.2 Å². The van der Waals surface area contributed by atoms with E-state index in [1.54, 1.807) is 37.3 Å². The van der Waals surface area contributed by atoms with Crippen LogP contribution in [0.5, 0.6) is 0 Å². The fourth-order valence-corrected chi connectivity index (χ4v) is 6.74. The first-order chi connectivity index (χ1) is 15.7. The fourth-order valence-electron chi connectivity index (χ4n) is 3.98. The highest BCUT2D eigenvalue weighted by Gasteiger charge is 2.33. The molecule has 1 unspecified atom stereocenters. The average Bonchev–Trinajstić information content (AvgIpc) is 3.31. The van der Waals surface area contributed by atoms with Crippen LogP contribution in [0.4, 0.5) is 11.4 Å². The standard InChI is InChI=1S/C23H26ClN3O4S2/c1-15-14-32-21-9-8-17(33(30,31)26-10-3-4-11-26)12-20(21)27(23(15)29)13-22(28)25-19-7-5-6-18(24)16(19)2/h5-9,12,15H,3-4,10-11,13-14H2,1-2H3,(H,25,28). The molecular formula is C23H26ClN3O4S2. The van der Waals surface area contributed by atoms with Gasteiger partial charge in [0.25, 0.3) is 0 Å². The van der Waals surface area contributed by atoms with Crippen LogP contribution in [-0.4, -0.2) is 49.9 Å². The second kappa shape index (κ2) is 9.66. The van der Waals surface area contributed by atoms with E-state index < -0.39 is 10.0 Å². The molecule has 2 aromatic rings. The normalized spacial score (nSPS) is 19.3. The van der Waals surface area contributed by atoms with Gasteiger partial charge in [0.2, 0.25) is 21.8 Å². The predicted molar refractivity (Wildman–Crippen MR) is 131 cm³/mol. The first kappa shape index (κ1) is 24.1. The Balaban J connectivity index is 1.66. The van der Waals surface area contributed by atoms with Crippen molar-refractivity contribution in [3.63, 3.8) is 0 Å². The van der Waals surface area contributed by atoms with Gasteiger partial charge in [0.1, 0.15) is 6.54 Å². The molecule has 1 saturated heterocycles. The number of carbonyl (C=O) groups is 2. The van der Waals surface area contributed by atoms with Crippen molar-refractivity contribution in [2.75, 3.05) is 35.6 Å². The van der Waals surface area contributed by atoms with Crippen LogP contribution in [0.2, 0.25) is 5.02 Å². The number of amides is 2. The lowest BCUT2D eigenvalue weighted by molar-refractivity contribution is -0.123. The van der Waals surface area contributed by atoms with Gasteiger partial charge in [-0.3, -0.25) is 9.59 Å². The maximum Gasteiger partial charge on any atom is 0.244 e. The lowest BCUT2D eigenvalue weighted by Crippen LogP contribution is -2.41. The van der Waals surface area contributed by atoms with Gasteiger partial charge in [0, 0.05) is 40.4 Å². The van der Waals surface area contributed by atoms with Gasteiger partial charge < -0.3 is 10.2 Å². The summed E-state index contributed by atoms with van der Waals surface area (Å²) >= 11 is 7.65. The van der Waals surface area contributed by atoms with Gasteiger partial charge in [-0.15, -0.1) is 11.8 Å². The number of rotatable bonds is 5. The molecule has 0 bridgehead atoms. The molecule has 2 heterocycles. The summed E-state index contributed by atoms with van der Waals surface area (Å²) in [6.07, 6.45) is 1.68. The molecule has 2 aliphatic rings. The Kier molecular flexibility index (Phi) is 7.04. The third-order valence-electron chi connectivity index (χ3n) is 5.94. The molecule has 2 aliphatic heterocycles. The SMILES string of the molecule is Cc1c(Cl)cccc1NC(=O)CN1C(=O)C(C)CSc2ccc(S(=O)(=O)N3CCCC3)cc21. The van der Waals surface area contributed by atoms with Crippen molar-refractivity contribution in [2.45, 2.75) is 36.5 Å². The van der Waals surface area contributed by atoms with E-state index in [9.17, 15) is 18.0 Å². The molecule has 0 aliphatic carbocycles. The van der Waals surface area contributed by atoms with E-state index in [4.69, 9.17) is 11.6 Å². The van der Waals surface area contributed by atoms with Crippen molar-refractivity contribution in [3.8, 4) is 0 Å². The van der Waals surface area contributed by atoms with Gasteiger partial charge in [-0.1, -0.05) is 24.6 Å². The summed E-state index contributed by atoms with van der Waals surface area (Å²) in [6, 6.07) is 10.1. The van der Waals surface area contributed by atoms with Crippen LogP contribution >= 0.6 is 23.4 Å². The molecule has 0 radical (unpaired) electrons. The maximum absolute atomic E-state index is 13.2. The summed E-state index contributed by atoms with van der Waals surface area (Å²) in [5.41, 5.74) is 1.76. The fraction of sp³-hybridized carbons (Fsp3) is 0.391. The Morgan fingerprint density at radius 2 is 1.94 bits per heavy atom. The van der Waals surface area contributed by atoms with Gasteiger partial charge in [-0.25, -0.2) is 8.42 Å². The van der Waals surface area contributed by atoms with Crippen LogP contribution in [0.1, 0.15) is 25.3 Å². The van der Waals surface area contributed by atoms with Crippen LogP contribution in [-0.2, 0) is 19.6 Å². The third kappa shape index (κ3) is 4.91. The number of sulfonamides is 1. The van der Waals surface area contributed by atoms with Crippen molar-refractivity contribution < 1.29 is 18.0 Å². The Labute approximate surface area is 203 Å². The minimum atomic E-state index is -3.66. The van der Waals surface area contributed by atoms with Crippen molar-refractivity contribution in [1.29, 1.82) is 0 Å².